The molecule has 3 rings (SSSR count). The standard InChI is InChI=1S/C18H17NO4/c1-20-15-10-12(11-16(21-2)18(15)22-3)8-9-17-19-13-6-4-5-7-14(13)23-17/h4-11H,1-3H3/b9-8+. The topological polar surface area (TPSA) is 53.7 Å². The molecule has 0 atom stereocenters. The van der Waals surface area contributed by atoms with Crippen molar-refractivity contribution in [3.8, 4) is 17.2 Å². The first-order valence-electron chi connectivity index (χ1n) is 7.09. The molecular formula is C18H17NO4. The van der Waals surface area contributed by atoms with Crippen LogP contribution in [0.15, 0.2) is 40.8 Å². The van der Waals surface area contributed by atoms with E-state index in [2.05, 4.69) is 4.98 Å². The van der Waals surface area contributed by atoms with Gasteiger partial charge in [-0.1, -0.05) is 12.1 Å². The van der Waals surface area contributed by atoms with Gasteiger partial charge in [0.15, 0.2) is 17.1 Å². The Kier molecular flexibility index (Phi) is 4.19. The maximum absolute atomic E-state index is 5.66. The molecule has 0 unspecified atom stereocenters. The molecule has 5 nitrogen and oxygen atoms in total. The average Bonchev–Trinajstić information content (AvgIpc) is 3.01. The van der Waals surface area contributed by atoms with Crippen molar-refractivity contribution in [2.75, 3.05) is 21.3 Å². The minimum Gasteiger partial charge on any atom is -0.493 e. The van der Waals surface area contributed by atoms with Crippen molar-refractivity contribution in [2.45, 2.75) is 0 Å². The van der Waals surface area contributed by atoms with Gasteiger partial charge in [-0.05, 0) is 35.9 Å². The number of benzene rings is 2. The lowest BCUT2D eigenvalue weighted by Crippen LogP contribution is -1.95. The van der Waals surface area contributed by atoms with Crippen LogP contribution in [0, 0.1) is 0 Å². The Bertz CT molecular complexity index is 793. The highest BCUT2D eigenvalue weighted by atomic mass is 16.5. The molecule has 0 saturated heterocycles. The van der Waals surface area contributed by atoms with Crippen LogP contribution in [-0.2, 0) is 0 Å². The maximum atomic E-state index is 5.66. The lowest BCUT2D eigenvalue weighted by atomic mass is 10.1. The number of nitrogens with zero attached hydrogens (tertiary/aromatic N) is 1. The molecule has 0 N–H and O–H groups in total. The predicted molar refractivity (Wildman–Crippen MR) is 89.0 cm³/mol. The summed E-state index contributed by atoms with van der Waals surface area (Å²) in [7, 11) is 4.76. The molecule has 0 radical (unpaired) electrons. The van der Waals surface area contributed by atoms with Gasteiger partial charge in [0.1, 0.15) is 5.52 Å². The van der Waals surface area contributed by atoms with Crippen molar-refractivity contribution < 1.29 is 18.6 Å². The summed E-state index contributed by atoms with van der Waals surface area (Å²) < 4.78 is 21.7. The lowest BCUT2D eigenvalue weighted by molar-refractivity contribution is 0.324. The van der Waals surface area contributed by atoms with Crippen LogP contribution in [0.1, 0.15) is 11.5 Å². The van der Waals surface area contributed by atoms with Gasteiger partial charge < -0.3 is 18.6 Å². The van der Waals surface area contributed by atoms with Gasteiger partial charge in [0.05, 0.1) is 21.3 Å². The second-order valence-electron chi connectivity index (χ2n) is 4.81. The molecule has 1 aromatic heterocycles. The fourth-order valence-electron chi connectivity index (χ4n) is 2.33. The van der Waals surface area contributed by atoms with E-state index in [0.717, 1.165) is 16.7 Å². The Morgan fingerprint density at radius 1 is 0.913 bits per heavy atom. The molecule has 0 aliphatic carbocycles. The molecule has 0 amide bonds. The number of hydrogen-bond donors (Lipinski definition) is 0. The second-order valence-corrected chi connectivity index (χ2v) is 4.81. The fraction of sp³-hybridized carbons (Fsp3) is 0.167. The normalized spacial score (nSPS) is 11.1. The van der Waals surface area contributed by atoms with Gasteiger partial charge >= 0.3 is 0 Å². The summed E-state index contributed by atoms with van der Waals surface area (Å²) in [5.74, 6) is 2.31. The number of aromatic nitrogens is 1. The van der Waals surface area contributed by atoms with E-state index in [1.54, 1.807) is 27.4 Å². The molecule has 23 heavy (non-hydrogen) atoms. The van der Waals surface area contributed by atoms with Crippen molar-refractivity contribution in [1.82, 2.24) is 4.98 Å². The van der Waals surface area contributed by atoms with E-state index in [4.69, 9.17) is 18.6 Å². The van der Waals surface area contributed by atoms with Crippen molar-refractivity contribution >= 4 is 23.3 Å². The zero-order valence-corrected chi connectivity index (χ0v) is 13.2. The molecule has 0 spiro atoms. The molecule has 3 aromatic rings. The van der Waals surface area contributed by atoms with Crippen LogP contribution in [0.4, 0.5) is 0 Å². The third-order valence-electron chi connectivity index (χ3n) is 3.42. The Morgan fingerprint density at radius 2 is 1.61 bits per heavy atom. The van der Waals surface area contributed by atoms with E-state index < -0.39 is 0 Å². The minimum atomic E-state index is 0.542. The van der Waals surface area contributed by atoms with Crippen LogP contribution in [0.5, 0.6) is 17.2 Å². The smallest absolute Gasteiger partial charge is 0.220 e. The zero-order chi connectivity index (χ0) is 16.2. The van der Waals surface area contributed by atoms with E-state index in [1.807, 2.05) is 42.5 Å². The van der Waals surface area contributed by atoms with Crippen molar-refractivity contribution in [3.05, 3.63) is 47.9 Å². The lowest BCUT2D eigenvalue weighted by Gasteiger charge is -2.12. The SMILES string of the molecule is COc1cc(/C=C/c2nc3ccccc3o2)cc(OC)c1OC. The van der Waals surface area contributed by atoms with Gasteiger partial charge in [0.25, 0.3) is 0 Å². The van der Waals surface area contributed by atoms with Crippen LogP contribution in [0.2, 0.25) is 0 Å². The highest BCUT2D eigenvalue weighted by Gasteiger charge is 2.12. The highest BCUT2D eigenvalue weighted by Crippen LogP contribution is 2.38. The molecule has 1 heterocycles. The molecule has 118 valence electrons. The summed E-state index contributed by atoms with van der Waals surface area (Å²) in [6.45, 7) is 0. The first-order chi connectivity index (χ1) is 11.2. The van der Waals surface area contributed by atoms with E-state index >= 15 is 0 Å². The highest BCUT2D eigenvalue weighted by molar-refractivity contribution is 5.76. The second kappa shape index (κ2) is 6.44. The molecule has 0 bridgehead atoms. The molecule has 0 aliphatic heterocycles. The molecule has 0 aliphatic rings. The summed E-state index contributed by atoms with van der Waals surface area (Å²) in [6.07, 6.45) is 3.69. The van der Waals surface area contributed by atoms with Gasteiger partial charge in [-0.15, -0.1) is 0 Å². The summed E-state index contributed by atoms with van der Waals surface area (Å²) in [4.78, 5) is 4.41. The summed E-state index contributed by atoms with van der Waals surface area (Å²) >= 11 is 0. The van der Waals surface area contributed by atoms with Crippen LogP contribution < -0.4 is 14.2 Å². The Balaban J connectivity index is 1.95. The third kappa shape index (κ3) is 2.99. The first-order valence-corrected chi connectivity index (χ1v) is 7.09. The van der Waals surface area contributed by atoms with E-state index in [9.17, 15) is 0 Å². The number of methoxy groups -OCH3 is 3. The van der Waals surface area contributed by atoms with Gasteiger partial charge in [-0.25, -0.2) is 4.98 Å². The largest absolute Gasteiger partial charge is 0.493 e. The Labute approximate surface area is 134 Å². The third-order valence-corrected chi connectivity index (χ3v) is 3.42. The van der Waals surface area contributed by atoms with E-state index in [0.29, 0.717) is 23.1 Å². The van der Waals surface area contributed by atoms with Gasteiger partial charge in [-0.3, -0.25) is 0 Å². The van der Waals surface area contributed by atoms with Crippen LogP contribution in [0.25, 0.3) is 23.3 Å². The summed E-state index contributed by atoms with van der Waals surface area (Å²) in [5.41, 5.74) is 2.48. The fourth-order valence-corrected chi connectivity index (χ4v) is 2.33. The monoisotopic (exact) mass is 311 g/mol. The minimum absolute atomic E-state index is 0.542. The van der Waals surface area contributed by atoms with Crippen molar-refractivity contribution in [2.24, 2.45) is 0 Å². The van der Waals surface area contributed by atoms with Crippen molar-refractivity contribution in [1.29, 1.82) is 0 Å². The Hall–Kier alpha value is -2.95. The van der Waals surface area contributed by atoms with Crippen LogP contribution in [0.3, 0.4) is 0 Å². The average molecular weight is 311 g/mol. The number of hydrogen-bond acceptors (Lipinski definition) is 5. The Morgan fingerprint density at radius 3 is 2.22 bits per heavy atom. The van der Waals surface area contributed by atoms with Crippen LogP contribution >= 0.6 is 0 Å². The number of rotatable bonds is 5. The van der Waals surface area contributed by atoms with Crippen LogP contribution in [-0.4, -0.2) is 26.3 Å². The number of oxazole rings is 1. The molecule has 0 saturated carbocycles. The van der Waals surface area contributed by atoms with Crippen molar-refractivity contribution in [3.63, 3.8) is 0 Å². The first kappa shape index (κ1) is 15.0. The predicted octanol–water partition coefficient (Wildman–Crippen LogP) is 4.02. The molecule has 5 heteroatoms. The summed E-state index contributed by atoms with van der Waals surface area (Å²) in [6, 6.07) is 11.4. The van der Waals surface area contributed by atoms with E-state index in [1.165, 1.54) is 0 Å². The quantitative estimate of drug-likeness (QED) is 0.712. The van der Waals surface area contributed by atoms with Gasteiger partial charge in [0, 0.05) is 6.08 Å². The molecule has 2 aromatic carbocycles. The number of ether oxygens (including phenoxy) is 3. The van der Waals surface area contributed by atoms with E-state index in [-0.39, 0.29) is 0 Å². The maximum Gasteiger partial charge on any atom is 0.220 e. The number of fused-ring (bicyclic) bond motifs is 1. The zero-order valence-electron chi connectivity index (χ0n) is 13.2. The molecule has 0 fully saturated rings. The summed E-state index contributed by atoms with van der Waals surface area (Å²) in [5, 5.41) is 0. The molecular weight excluding hydrogens is 294 g/mol. The number of para-hydroxylation sites is 2. The van der Waals surface area contributed by atoms with Gasteiger partial charge in [-0.2, -0.15) is 0 Å². The van der Waals surface area contributed by atoms with Gasteiger partial charge in [0.2, 0.25) is 11.6 Å².